The summed E-state index contributed by atoms with van der Waals surface area (Å²) in [6.07, 6.45) is 0. The van der Waals surface area contributed by atoms with Crippen molar-refractivity contribution in [3.8, 4) is 78.4 Å². The summed E-state index contributed by atoms with van der Waals surface area (Å²) < 4.78 is 18.2. The molecule has 8 aromatic heterocycles. The lowest BCUT2D eigenvalue weighted by Crippen LogP contribution is -1.95. The number of hydrogen-bond donors (Lipinski definition) is 0. The summed E-state index contributed by atoms with van der Waals surface area (Å²) in [6, 6.07) is 145. The number of rotatable bonds is 9. The van der Waals surface area contributed by atoms with Gasteiger partial charge in [-0.05, 0) is 240 Å². The molecule has 0 unspecified atom stereocenters. The molecule has 0 aliphatic rings. The van der Waals surface area contributed by atoms with Crippen LogP contribution in [0.25, 0.3) is 190 Å². The highest BCUT2D eigenvalue weighted by atomic mass is 15.2. The normalized spacial score (nSPS) is 11.6. The summed E-state index contributed by atoms with van der Waals surface area (Å²) in [7, 11) is 0. The maximum absolute atomic E-state index is 5.11. The molecule has 12 nitrogen and oxygen atoms in total. The van der Waals surface area contributed by atoms with Crippen LogP contribution in [0.1, 0.15) is 22.3 Å². The van der Waals surface area contributed by atoms with E-state index in [1.807, 2.05) is 12.1 Å². The minimum Gasteiger partial charge on any atom is -0.278 e. The van der Waals surface area contributed by atoms with Gasteiger partial charge in [0.15, 0.2) is 0 Å². The van der Waals surface area contributed by atoms with Gasteiger partial charge in [-0.1, -0.05) is 278 Å². The molecule has 0 saturated heterocycles. The molecule has 0 aliphatic heterocycles. The molecule has 25 rings (SSSR count). The topological polar surface area (TPSA) is 88.9 Å². The SMILES string of the molecule is Cc1ccc(-n2c3ccc(-c4ccccc4)cc3n3c4cc(-c5ccccc5)ccc4nc23)cc1.Cc1ccc(-n2c3ccccc3n3c4cc(-c5ccccc5)ccc4nc23)cc1.Cc1cccc(-n2c3ccc(-c4ccccc4)cc3n3c4ccccc4nc23)c1.Cc1cccc(-n2c3ccccc3n3c4cc(-c5ccccc5)ccc4nc23)c1. The van der Waals surface area contributed by atoms with Crippen LogP contribution in [0.3, 0.4) is 0 Å². The molecule has 0 saturated carbocycles. The van der Waals surface area contributed by atoms with Crippen LogP contribution in [0.2, 0.25) is 0 Å². The Morgan fingerprint density at radius 1 is 0.148 bits per heavy atom. The molecule has 8 heterocycles. The van der Waals surface area contributed by atoms with Crippen LogP contribution in [0.15, 0.2) is 413 Å². The van der Waals surface area contributed by atoms with Crippen LogP contribution in [-0.2, 0) is 0 Å². The molecule has 0 spiro atoms. The number of hydrogen-bond acceptors (Lipinski definition) is 4. The van der Waals surface area contributed by atoms with E-state index in [1.165, 1.54) is 77.9 Å². The van der Waals surface area contributed by atoms with Gasteiger partial charge in [-0.2, -0.15) is 0 Å². The molecule has 17 aromatic carbocycles. The number of aryl methyl sites for hydroxylation is 4. The lowest BCUT2D eigenvalue weighted by molar-refractivity contribution is 1.10. The monoisotopic (exact) mass is 1570 g/mol. The fourth-order valence-corrected chi connectivity index (χ4v) is 17.6. The van der Waals surface area contributed by atoms with Crippen molar-refractivity contribution < 1.29 is 0 Å². The predicted octanol–water partition coefficient (Wildman–Crippen LogP) is 27.3. The van der Waals surface area contributed by atoms with Gasteiger partial charge in [0.2, 0.25) is 23.1 Å². The maximum atomic E-state index is 5.11. The van der Waals surface area contributed by atoms with E-state index in [2.05, 4.69) is 464 Å². The van der Waals surface area contributed by atoms with E-state index in [1.54, 1.807) is 0 Å². The highest BCUT2D eigenvalue weighted by Gasteiger charge is 2.24. The predicted molar refractivity (Wildman–Crippen MR) is 504 cm³/mol. The second-order valence-electron chi connectivity index (χ2n) is 31.5. The summed E-state index contributed by atoms with van der Waals surface area (Å²) in [5.74, 6) is 3.75. The third-order valence-corrected chi connectivity index (χ3v) is 23.5. The van der Waals surface area contributed by atoms with Gasteiger partial charge in [0, 0.05) is 22.7 Å². The number of aromatic nitrogens is 12. The third kappa shape index (κ3) is 12.7. The molecular weight excluding hydrogens is 1490 g/mol. The molecule has 25 aromatic rings. The van der Waals surface area contributed by atoms with Crippen molar-refractivity contribution in [2.45, 2.75) is 27.7 Å². The Morgan fingerprint density at radius 3 is 0.738 bits per heavy atom. The van der Waals surface area contributed by atoms with E-state index in [0.29, 0.717) is 0 Å². The van der Waals surface area contributed by atoms with Crippen LogP contribution in [0.5, 0.6) is 0 Å². The van der Waals surface area contributed by atoms with E-state index in [0.717, 1.165) is 134 Å². The molecule has 0 N–H and O–H groups in total. The van der Waals surface area contributed by atoms with Gasteiger partial charge < -0.3 is 0 Å². The van der Waals surface area contributed by atoms with Gasteiger partial charge in [0.25, 0.3) is 0 Å². The number of benzene rings is 17. The molecule has 0 atom stereocenters. The van der Waals surface area contributed by atoms with E-state index in [-0.39, 0.29) is 0 Å². The van der Waals surface area contributed by atoms with Crippen molar-refractivity contribution in [2.75, 3.05) is 0 Å². The van der Waals surface area contributed by atoms with Gasteiger partial charge in [0.05, 0.1) is 88.3 Å². The smallest absolute Gasteiger partial charge is 0.220 e. The van der Waals surface area contributed by atoms with Gasteiger partial charge in [-0.3, -0.25) is 35.9 Å². The molecule has 122 heavy (non-hydrogen) atoms. The van der Waals surface area contributed by atoms with Gasteiger partial charge in [-0.25, -0.2) is 19.9 Å². The Bertz CT molecular complexity index is 8270. The zero-order valence-corrected chi connectivity index (χ0v) is 67.6. The van der Waals surface area contributed by atoms with Crippen molar-refractivity contribution in [2.24, 2.45) is 0 Å². The fraction of sp³-hybridized carbons (Fsp3) is 0.0364. The molecule has 0 bridgehead atoms. The number of para-hydroxylation sites is 6. The quantitative estimate of drug-likeness (QED) is 0.144. The Labute approximate surface area is 703 Å². The number of fused-ring (bicyclic) bond motifs is 20. The van der Waals surface area contributed by atoms with Crippen LogP contribution < -0.4 is 0 Å². The summed E-state index contributed by atoms with van der Waals surface area (Å²) in [4.78, 5) is 20.1. The number of nitrogens with zero attached hydrogens (tertiary/aromatic N) is 12. The summed E-state index contributed by atoms with van der Waals surface area (Å²) in [5.41, 5.74) is 39.3. The van der Waals surface area contributed by atoms with Crippen LogP contribution in [-0.4, -0.2) is 55.8 Å². The summed E-state index contributed by atoms with van der Waals surface area (Å²) in [5, 5.41) is 0. The lowest BCUT2D eigenvalue weighted by Gasteiger charge is -2.07. The fourth-order valence-electron chi connectivity index (χ4n) is 17.6. The molecular formula is C110H80N12. The third-order valence-electron chi connectivity index (χ3n) is 23.5. The largest absolute Gasteiger partial charge is 0.278 e. The molecule has 0 fully saturated rings. The molecule has 0 radical (unpaired) electrons. The zero-order valence-electron chi connectivity index (χ0n) is 67.6. The molecule has 580 valence electrons. The van der Waals surface area contributed by atoms with Crippen LogP contribution >= 0.6 is 0 Å². The standard InChI is InChI=1S/C32H23N3.3C26H19N3/c1-22-12-16-27(17-13-22)34-29-19-15-26(24-10-6-3-7-11-24)21-31(29)35-30-20-25(23-8-4-2-5-9-23)14-18-28(30)33-32(34)35;1-18-8-7-11-21(16-18)28-23-12-5-6-13-24(23)29-25-17-20(19-9-3-2-4-10-19)14-15-22(25)27-26(28)29;1-18-8-7-11-21(16-18)28-24-15-14-20(19-9-3-2-4-10-19)17-25(24)29-23-13-6-5-12-22(23)27-26(28)29;1-18-11-14-21(15-12-18)28-23-9-5-6-10-24(23)29-25-17-20(19-7-3-2-4-8-19)13-16-22(25)27-26(28)29/h2-21H,1H3;3*2-17H,1H3. The highest BCUT2D eigenvalue weighted by molar-refractivity contribution is 5.99. The van der Waals surface area contributed by atoms with Crippen molar-refractivity contribution in [1.82, 2.24) is 55.8 Å². The molecule has 0 aliphatic carbocycles. The average molecular weight is 1570 g/mol. The van der Waals surface area contributed by atoms with Crippen LogP contribution in [0.4, 0.5) is 0 Å². The van der Waals surface area contributed by atoms with Crippen molar-refractivity contribution >= 4 is 111 Å². The highest BCUT2D eigenvalue weighted by Crippen LogP contribution is 2.39. The first-order valence-electron chi connectivity index (χ1n) is 41.4. The van der Waals surface area contributed by atoms with E-state index >= 15 is 0 Å². The van der Waals surface area contributed by atoms with E-state index in [4.69, 9.17) is 19.9 Å². The van der Waals surface area contributed by atoms with Crippen molar-refractivity contribution in [3.63, 3.8) is 0 Å². The zero-order chi connectivity index (χ0) is 81.5. The van der Waals surface area contributed by atoms with Gasteiger partial charge in [-0.15, -0.1) is 0 Å². The first-order valence-corrected chi connectivity index (χ1v) is 41.4. The first-order chi connectivity index (χ1) is 60.1. The average Bonchev–Trinajstić information content (AvgIpc) is 1.59. The van der Waals surface area contributed by atoms with Gasteiger partial charge in [0.1, 0.15) is 0 Å². The van der Waals surface area contributed by atoms with Crippen molar-refractivity contribution in [1.29, 1.82) is 0 Å². The minimum atomic E-state index is 0.925. The maximum Gasteiger partial charge on any atom is 0.220 e. The van der Waals surface area contributed by atoms with E-state index in [9.17, 15) is 0 Å². The van der Waals surface area contributed by atoms with E-state index < -0.39 is 0 Å². The summed E-state index contributed by atoms with van der Waals surface area (Å²) >= 11 is 0. The van der Waals surface area contributed by atoms with Crippen molar-refractivity contribution in [3.05, 3.63) is 435 Å². The second kappa shape index (κ2) is 30.1. The first kappa shape index (κ1) is 72.3. The summed E-state index contributed by atoms with van der Waals surface area (Å²) in [6.45, 7) is 8.48. The Kier molecular flexibility index (Phi) is 17.8. The minimum absolute atomic E-state index is 0.925. The van der Waals surface area contributed by atoms with Gasteiger partial charge >= 0.3 is 0 Å². The molecule has 12 heteroatoms. The Hall–Kier alpha value is -16.2. The Balaban J connectivity index is 0.0000000975. The second-order valence-corrected chi connectivity index (χ2v) is 31.5. The van der Waals surface area contributed by atoms with Crippen LogP contribution in [0, 0.1) is 27.7 Å². The number of imidazole rings is 8. The molecule has 0 amide bonds. The Morgan fingerprint density at radius 2 is 0.402 bits per heavy atom. The lowest BCUT2D eigenvalue weighted by atomic mass is 10.0.